The van der Waals surface area contributed by atoms with E-state index in [0.29, 0.717) is 24.5 Å². The number of carbonyl (C=O) groups excluding carboxylic acids is 2. The molecular formula is C23H22F3N5O2S. The van der Waals surface area contributed by atoms with Gasteiger partial charge in [0.2, 0.25) is 5.91 Å². The SMILES string of the molecule is Cn1c(SCC(=O)N2CCC[C@@]23C(=O)[C@H]3NC(c2ccccn2)C(F)(F)F)nc2ccccc21. The number of benzene rings is 1. The van der Waals surface area contributed by atoms with Crippen LogP contribution >= 0.6 is 11.8 Å². The highest BCUT2D eigenvalue weighted by molar-refractivity contribution is 7.99. The molecule has 11 heteroatoms. The van der Waals surface area contributed by atoms with Crippen molar-refractivity contribution in [3.8, 4) is 0 Å². The minimum atomic E-state index is -4.64. The van der Waals surface area contributed by atoms with Gasteiger partial charge in [0.05, 0.1) is 22.5 Å². The lowest BCUT2D eigenvalue weighted by molar-refractivity contribution is -0.159. The molecule has 3 atom stereocenters. The van der Waals surface area contributed by atoms with Crippen molar-refractivity contribution in [2.24, 2.45) is 7.05 Å². The fraction of sp³-hybridized carbons (Fsp3) is 0.391. The van der Waals surface area contributed by atoms with Crippen molar-refractivity contribution < 1.29 is 22.8 Å². The van der Waals surface area contributed by atoms with Gasteiger partial charge in [0.15, 0.2) is 10.9 Å². The van der Waals surface area contributed by atoms with Crippen LogP contribution in [0.1, 0.15) is 24.6 Å². The van der Waals surface area contributed by atoms with Gasteiger partial charge in [-0.2, -0.15) is 13.2 Å². The molecule has 1 aromatic carbocycles. The van der Waals surface area contributed by atoms with Gasteiger partial charge in [-0.3, -0.25) is 19.9 Å². The number of para-hydroxylation sites is 2. The number of rotatable bonds is 6. The van der Waals surface area contributed by atoms with Crippen LogP contribution in [0.4, 0.5) is 13.2 Å². The summed E-state index contributed by atoms with van der Waals surface area (Å²) >= 11 is 1.25. The highest BCUT2D eigenvalue weighted by Crippen LogP contribution is 2.48. The lowest BCUT2D eigenvalue weighted by Crippen LogP contribution is -2.46. The molecule has 0 bridgehead atoms. The summed E-state index contributed by atoms with van der Waals surface area (Å²) in [6.07, 6.45) is -2.45. The fourth-order valence-corrected chi connectivity index (χ4v) is 5.67. The lowest BCUT2D eigenvalue weighted by Gasteiger charge is -2.26. The van der Waals surface area contributed by atoms with Crippen molar-refractivity contribution in [3.05, 3.63) is 54.4 Å². The molecule has 2 fully saturated rings. The Morgan fingerprint density at radius 3 is 2.74 bits per heavy atom. The molecule has 1 N–H and O–H groups in total. The van der Waals surface area contributed by atoms with Gasteiger partial charge >= 0.3 is 6.18 Å². The summed E-state index contributed by atoms with van der Waals surface area (Å²) in [6.45, 7) is 0.339. The van der Waals surface area contributed by atoms with E-state index >= 15 is 0 Å². The smallest absolute Gasteiger partial charge is 0.327 e. The third kappa shape index (κ3) is 3.76. The number of carbonyl (C=O) groups is 2. The zero-order valence-corrected chi connectivity index (χ0v) is 19.1. The zero-order chi connectivity index (χ0) is 24.1. The van der Waals surface area contributed by atoms with E-state index in [0.717, 1.165) is 11.0 Å². The number of likely N-dealkylation sites (tertiary alicyclic amines) is 1. The number of hydrogen-bond donors (Lipinski definition) is 1. The van der Waals surface area contributed by atoms with Gasteiger partial charge in [-0.25, -0.2) is 4.98 Å². The van der Waals surface area contributed by atoms with Gasteiger partial charge in [-0.1, -0.05) is 30.0 Å². The van der Waals surface area contributed by atoms with E-state index in [4.69, 9.17) is 0 Å². The van der Waals surface area contributed by atoms with Crippen LogP contribution in [0.3, 0.4) is 0 Å². The Kier molecular flexibility index (Phi) is 5.64. The average Bonchev–Trinajstić information content (AvgIpc) is 3.11. The molecule has 0 radical (unpaired) electrons. The van der Waals surface area contributed by atoms with Crippen LogP contribution in [0.2, 0.25) is 0 Å². The molecule has 34 heavy (non-hydrogen) atoms. The predicted octanol–water partition coefficient (Wildman–Crippen LogP) is 3.27. The molecule has 1 saturated carbocycles. The monoisotopic (exact) mass is 489 g/mol. The van der Waals surface area contributed by atoms with Crippen molar-refractivity contribution >= 4 is 34.5 Å². The Bertz CT molecular complexity index is 1250. The maximum atomic E-state index is 13.8. The van der Waals surface area contributed by atoms with Crippen LogP contribution in [0.5, 0.6) is 0 Å². The number of imidazole rings is 1. The Morgan fingerprint density at radius 1 is 1.26 bits per heavy atom. The predicted molar refractivity (Wildman–Crippen MR) is 120 cm³/mol. The maximum Gasteiger partial charge on any atom is 0.409 e. The number of aromatic nitrogens is 3. The highest BCUT2D eigenvalue weighted by Gasteiger charge is 2.72. The number of aryl methyl sites for hydroxylation is 1. The number of hydrogen-bond acceptors (Lipinski definition) is 6. The Balaban J connectivity index is 1.31. The van der Waals surface area contributed by atoms with E-state index in [-0.39, 0.29) is 23.1 Å². The normalized spacial score (nSPS) is 23.1. The summed E-state index contributed by atoms with van der Waals surface area (Å²) < 4.78 is 43.2. The zero-order valence-electron chi connectivity index (χ0n) is 18.2. The van der Waals surface area contributed by atoms with E-state index in [2.05, 4.69) is 15.3 Å². The third-order valence-corrected chi connectivity index (χ3v) is 7.54. The Morgan fingerprint density at radius 2 is 2.03 bits per heavy atom. The van der Waals surface area contributed by atoms with E-state index in [1.54, 1.807) is 0 Å². The number of nitrogens with one attached hydrogen (secondary N) is 1. The Hall–Kier alpha value is -2.92. The average molecular weight is 490 g/mol. The molecule has 178 valence electrons. The van der Waals surface area contributed by atoms with Gasteiger partial charge in [0.1, 0.15) is 17.6 Å². The van der Waals surface area contributed by atoms with Crippen LogP contribution < -0.4 is 5.32 Å². The lowest BCUT2D eigenvalue weighted by atomic mass is 10.1. The standard InChI is InChI=1S/C23H22F3N5O2S/c1-30-16-9-3-2-7-14(16)28-21(30)34-13-17(32)31-12-6-10-22(31)19(20(22)33)29-18(23(24,25)26)15-8-4-5-11-27-15/h2-5,7-9,11,18-19,29H,6,10,12-13H2,1H3/t18?,19-,22-/m1/s1. The molecule has 2 aromatic heterocycles. The number of thioether (sulfide) groups is 1. The quantitative estimate of drug-likeness (QED) is 0.536. The molecule has 2 aliphatic rings. The number of halogens is 3. The topological polar surface area (TPSA) is 80.1 Å². The summed E-state index contributed by atoms with van der Waals surface area (Å²) in [5, 5.41) is 3.12. The first kappa shape index (κ1) is 22.9. The summed E-state index contributed by atoms with van der Waals surface area (Å²) in [5.74, 6) is -0.619. The minimum absolute atomic E-state index is 0.0435. The number of pyridine rings is 1. The fourth-order valence-electron chi connectivity index (χ4n) is 4.81. The number of Topliss-reactive ketones (excluding diaryl/α,β-unsaturated/α-hetero) is 1. The molecule has 1 saturated heterocycles. The molecule has 7 nitrogen and oxygen atoms in total. The van der Waals surface area contributed by atoms with Crippen molar-refractivity contribution in [1.29, 1.82) is 0 Å². The molecule has 5 rings (SSSR count). The number of alkyl halides is 3. The first-order valence-corrected chi connectivity index (χ1v) is 11.8. The molecule has 1 aliphatic carbocycles. The van der Waals surface area contributed by atoms with E-state index in [1.807, 2.05) is 35.9 Å². The number of fused-ring (bicyclic) bond motifs is 1. The van der Waals surface area contributed by atoms with Crippen LogP contribution in [-0.4, -0.2) is 61.2 Å². The Labute approximate surface area is 197 Å². The van der Waals surface area contributed by atoms with Crippen molar-refractivity contribution in [2.45, 2.75) is 41.8 Å². The number of amides is 1. The molecule has 3 heterocycles. The van der Waals surface area contributed by atoms with Crippen LogP contribution in [0.15, 0.2) is 53.8 Å². The summed E-state index contributed by atoms with van der Waals surface area (Å²) in [6, 6.07) is 8.71. The summed E-state index contributed by atoms with van der Waals surface area (Å²) in [7, 11) is 1.86. The van der Waals surface area contributed by atoms with Gasteiger partial charge in [0, 0.05) is 19.8 Å². The minimum Gasteiger partial charge on any atom is -0.327 e. The van der Waals surface area contributed by atoms with Gasteiger partial charge in [-0.15, -0.1) is 0 Å². The van der Waals surface area contributed by atoms with Crippen LogP contribution in [-0.2, 0) is 16.6 Å². The maximum absolute atomic E-state index is 13.8. The molecular weight excluding hydrogens is 467 g/mol. The van der Waals surface area contributed by atoms with Crippen molar-refractivity contribution in [3.63, 3.8) is 0 Å². The molecule has 1 aliphatic heterocycles. The van der Waals surface area contributed by atoms with Crippen LogP contribution in [0.25, 0.3) is 11.0 Å². The summed E-state index contributed by atoms with van der Waals surface area (Å²) in [5.41, 5.74) is 0.317. The molecule has 1 spiro atoms. The van der Waals surface area contributed by atoms with Gasteiger partial charge in [0.25, 0.3) is 0 Å². The first-order valence-electron chi connectivity index (χ1n) is 10.9. The van der Waals surface area contributed by atoms with E-state index < -0.39 is 23.8 Å². The first-order chi connectivity index (χ1) is 16.2. The highest BCUT2D eigenvalue weighted by atomic mass is 32.2. The van der Waals surface area contributed by atoms with Gasteiger partial charge in [-0.05, 0) is 37.1 Å². The van der Waals surface area contributed by atoms with Crippen LogP contribution in [0, 0.1) is 0 Å². The van der Waals surface area contributed by atoms with Gasteiger partial charge < -0.3 is 9.47 Å². The number of ketones is 1. The second kappa shape index (κ2) is 8.38. The van der Waals surface area contributed by atoms with E-state index in [1.165, 1.54) is 41.1 Å². The second-order valence-electron chi connectivity index (χ2n) is 8.50. The second-order valence-corrected chi connectivity index (χ2v) is 9.44. The molecule has 3 aromatic rings. The molecule has 1 unspecified atom stereocenters. The van der Waals surface area contributed by atoms with Crippen molar-refractivity contribution in [1.82, 2.24) is 24.8 Å². The van der Waals surface area contributed by atoms with Crippen molar-refractivity contribution in [2.75, 3.05) is 12.3 Å². The molecule has 1 amide bonds. The largest absolute Gasteiger partial charge is 0.409 e. The third-order valence-electron chi connectivity index (χ3n) is 6.52. The number of nitrogens with zero attached hydrogens (tertiary/aromatic N) is 4. The summed E-state index contributed by atoms with van der Waals surface area (Å²) in [4.78, 5) is 35.7. The van der Waals surface area contributed by atoms with E-state index in [9.17, 15) is 22.8 Å².